The fourth-order valence-corrected chi connectivity index (χ4v) is 2.33. The van der Waals surface area contributed by atoms with Crippen LogP contribution in [0.4, 0.5) is 0 Å². The summed E-state index contributed by atoms with van der Waals surface area (Å²) in [4.78, 5) is 35.6. The van der Waals surface area contributed by atoms with E-state index in [4.69, 9.17) is 14.2 Å². The van der Waals surface area contributed by atoms with Gasteiger partial charge in [0.15, 0.2) is 0 Å². The standard InChI is InChI=1S/C19H29NO6/c1-13-7-5-10-18(22)25-12-16(24-4)14(2)8-6-9-17(21)20-15(3)19(23)26-11-13/h5-8,13-16H,9-12H2,1-4H3,(H,20,21)/t13-,14+,15-,16+/m1/s1. The zero-order valence-electron chi connectivity index (χ0n) is 15.9. The van der Waals surface area contributed by atoms with Crippen LogP contribution in [0.15, 0.2) is 24.3 Å². The highest BCUT2D eigenvalue weighted by Gasteiger charge is 2.19. The molecule has 0 radical (unpaired) electrons. The van der Waals surface area contributed by atoms with Crippen molar-refractivity contribution in [2.45, 2.75) is 45.8 Å². The van der Waals surface area contributed by atoms with Crippen molar-refractivity contribution in [3.05, 3.63) is 24.3 Å². The van der Waals surface area contributed by atoms with Gasteiger partial charge in [-0.3, -0.25) is 9.59 Å². The summed E-state index contributed by atoms with van der Waals surface area (Å²) in [5.41, 5.74) is 0. The third-order valence-electron chi connectivity index (χ3n) is 4.01. The number of ether oxygens (including phenoxy) is 3. The van der Waals surface area contributed by atoms with Gasteiger partial charge in [-0.2, -0.15) is 0 Å². The van der Waals surface area contributed by atoms with E-state index in [1.165, 1.54) is 0 Å². The van der Waals surface area contributed by atoms with Crippen molar-refractivity contribution in [1.29, 1.82) is 0 Å². The number of esters is 2. The molecule has 0 spiro atoms. The molecule has 7 heteroatoms. The van der Waals surface area contributed by atoms with E-state index in [9.17, 15) is 14.4 Å². The molecule has 0 fully saturated rings. The Morgan fingerprint density at radius 2 is 1.69 bits per heavy atom. The van der Waals surface area contributed by atoms with Crippen molar-refractivity contribution in [2.24, 2.45) is 11.8 Å². The molecule has 1 aliphatic heterocycles. The van der Waals surface area contributed by atoms with E-state index in [2.05, 4.69) is 5.32 Å². The fraction of sp³-hybridized carbons (Fsp3) is 0.632. The third kappa shape index (κ3) is 8.29. The number of rotatable bonds is 1. The van der Waals surface area contributed by atoms with E-state index < -0.39 is 12.0 Å². The quantitative estimate of drug-likeness (QED) is 0.561. The first-order valence-electron chi connectivity index (χ1n) is 8.81. The summed E-state index contributed by atoms with van der Waals surface area (Å²) >= 11 is 0. The lowest BCUT2D eigenvalue weighted by Crippen LogP contribution is -2.39. The minimum absolute atomic E-state index is 0.0440. The zero-order chi connectivity index (χ0) is 19.5. The Labute approximate surface area is 154 Å². The summed E-state index contributed by atoms with van der Waals surface area (Å²) in [6.45, 7) is 5.68. The third-order valence-corrected chi connectivity index (χ3v) is 4.01. The Hall–Kier alpha value is -2.15. The normalized spacial score (nSPS) is 29.9. The maximum atomic E-state index is 11.9. The Kier molecular flexibility index (Phi) is 9.65. The molecule has 0 saturated heterocycles. The van der Waals surface area contributed by atoms with Crippen molar-refractivity contribution in [3.63, 3.8) is 0 Å². The van der Waals surface area contributed by atoms with E-state index in [1.54, 1.807) is 32.3 Å². The topological polar surface area (TPSA) is 90.9 Å². The van der Waals surface area contributed by atoms with Crippen LogP contribution in [0.5, 0.6) is 0 Å². The number of nitrogens with one attached hydrogen (secondary N) is 1. The van der Waals surface area contributed by atoms with Gasteiger partial charge >= 0.3 is 11.9 Å². The highest BCUT2D eigenvalue weighted by molar-refractivity contribution is 5.84. The van der Waals surface area contributed by atoms with Crippen LogP contribution in [0.25, 0.3) is 0 Å². The number of hydrogen-bond donors (Lipinski definition) is 1. The molecule has 0 unspecified atom stereocenters. The molecule has 0 aromatic rings. The van der Waals surface area contributed by atoms with Crippen LogP contribution < -0.4 is 5.32 Å². The Morgan fingerprint density at radius 1 is 1.00 bits per heavy atom. The van der Waals surface area contributed by atoms with Gasteiger partial charge in [0.05, 0.1) is 19.1 Å². The first-order chi connectivity index (χ1) is 12.3. The van der Waals surface area contributed by atoms with Gasteiger partial charge in [-0.05, 0) is 6.92 Å². The molecule has 26 heavy (non-hydrogen) atoms. The van der Waals surface area contributed by atoms with Gasteiger partial charge in [0.25, 0.3) is 0 Å². The second-order valence-corrected chi connectivity index (χ2v) is 6.48. The molecule has 146 valence electrons. The molecular weight excluding hydrogens is 338 g/mol. The molecule has 0 bridgehead atoms. The average Bonchev–Trinajstić information content (AvgIpc) is 2.59. The van der Waals surface area contributed by atoms with Crippen LogP contribution in [-0.2, 0) is 28.6 Å². The van der Waals surface area contributed by atoms with Crippen molar-refractivity contribution >= 4 is 17.8 Å². The molecule has 0 aromatic heterocycles. The predicted octanol–water partition coefficient (Wildman–Crippen LogP) is 1.77. The maximum absolute atomic E-state index is 11.9. The van der Waals surface area contributed by atoms with Gasteiger partial charge in [-0.25, -0.2) is 4.79 Å². The summed E-state index contributed by atoms with van der Waals surface area (Å²) < 4.78 is 15.8. The number of cyclic esters (lactones) is 2. The molecule has 1 amide bonds. The first kappa shape index (κ1) is 21.9. The minimum Gasteiger partial charge on any atom is -0.464 e. The maximum Gasteiger partial charge on any atom is 0.328 e. The van der Waals surface area contributed by atoms with Gasteiger partial charge in [-0.15, -0.1) is 0 Å². The molecule has 1 heterocycles. The second-order valence-electron chi connectivity index (χ2n) is 6.48. The van der Waals surface area contributed by atoms with Gasteiger partial charge in [-0.1, -0.05) is 38.2 Å². The smallest absolute Gasteiger partial charge is 0.328 e. The van der Waals surface area contributed by atoms with Crippen LogP contribution in [0, 0.1) is 11.8 Å². The van der Waals surface area contributed by atoms with Crippen LogP contribution in [0.1, 0.15) is 33.6 Å². The minimum atomic E-state index is -0.718. The lowest BCUT2D eigenvalue weighted by Gasteiger charge is -2.20. The fourth-order valence-electron chi connectivity index (χ4n) is 2.33. The molecule has 0 aromatic carbocycles. The summed E-state index contributed by atoms with van der Waals surface area (Å²) in [7, 11) is 1.55. The number of carbonyl (C=O) groups excluding carboxylic acids is 3. The van der Waals surface area contributed by atoms with Crippen LogP contribution >= 0.6 is 0 Å². The monoisotopic (exact) mass is 367 g/mol. The van der Waals surface area contributed by atoms with Gasteiger partial charge in [0.1, 0.15) is 12.6 Å². The average molecular weight is 367 g/mol. The Bertz CT molecular complexity index is 542. The van der Waals surface area contributed by atoms with E-state index in [-0.39, 0.29) is 55.9 Å². The summed E-state index contributed by atoms with van der Waals surface area (Å²) in [5, 5.41) is 2.61. The first-order valence-corrected chi connectivity index (χ1v) is 8.81. The van der Waals surface area contributed by atoms with E-state index in [1.807, 2.05) is 19.9 Å². The van der Waals surface area contributed by atoms with Gasteiger partial charge < -0.3 is 19.5 Å². The van der Waals surface area contributed by atoms with Gasteiger partial charge in [0, 0.05) is 25.4 Å². The zero-order valence-corrected chi connectivity index (χ0v) is 15.9. The Balaban J connectivity index is 2.80. The number of hydrogen-bond acceptors (Lipinski definition) is 6. The molecule has 0 aliphatic carbocycles. The summed E-state index contributed by atoms with van der Waals surface area (Å²) in [6, 6.07) is -0.718. The van der Waals surface area contributed by atoms with Crippen molar-refractivity contribution in [1.82, 2.24) is 5.32 Å². The predicted molar refractivity (Wildman–Crippen MR) is 96.2 cm³/mol. The second kappa shape index (κ2) is 11.5. The van der Waals surface area contributed by atoms with E-state index >= 15 is 0 Å². The molecule has 1 rings (SSSR count). The Morgan fingerprint density at radius 3 is 2.38 bits per heavy atom. The largest absolute Gasteiger partial charge is 0.464 e. The highest BCUT2D eigenvalue weighted by Crippen LogP contribution is 2.11. The highest BCUT2D eigenvalue weighted by atomic mass is 16.6. The van der Waals surface area contributed by atoms with Crippen LogP contribution in [0.3, 0.4) is 0 Å². The lowest BCUT2D eigenvalue weighted by molar-refractivity contribution is -0.148. The summed E-state index contributed by atoms with van der Waals surface area (Å²) in [5.74, 6) is -1.21. The molecule has 7 nitrogen and oxygen atoms in total. The molecule has 4 atom stereocenters. The van der Waals surface area contributed by atoms with Crippen molar-refractivity contribution < 1.29 is 28.6 Å². The summed E-state index contributed by atoms with van der Waals surface area (Å²) in [6.07, 6.45) is 7.01. The lowest BCUT2D eigenvalue weighted by atomic mass is 10.0. The van der Waals surface area contributed by atoms with Crippen LogP contribution in [-0.4, -0.2) is 50.3 Å². The van der Waals surface area contributed by atoms with Crippen molar-refractivity contribution in [3.8, 4) is 0 Å². The number of methoxy groups -OCH3 is 1. The van der Waals surface area contributed by atoms with Crippen LogP contribution in [0.2, 0.25) is 0 Å². The number of amides is 1. The SMILES string of the molecule is CO[C@H]1COC(=O)CC=C[C@@H](C)COC(=O)[C@@H](C)NC(=O)CC=C[C@@H]1C. The molecule has 1 aliphatic rings. The molecule has 0 saturated carbocycles. The number of carbonyl (C=O) groups is 3. The van der Waals surface area contributed by atoms with Crippen molar-refractivity contribution in [2.75, 3.05) is 20.3 Å². The molecular formula is C19H29NO6. The molecule has 1 N–H and O–H groups in total. The van der Waals surface area contributed by atoms with Gasteiger partial charge in [0.2, 0.25) is 5.91 Å². The van der Waals surface area contributed by atoms with E-state index in [0.29, 0.717) is 0 Å². The van der Waals surface area contributed by atoms with E-state index in [0.717, 1.165) is 0 Å².